The maximum atomic E-state index is 11.9. The van der Waals surface area contributed by atoms with E-state index in [0.29, 0.717) is 10.7 Å². The third-order valence-corrected chi connectivity index (χ3v) is 3.95. The molecular weight excluding hydrogens is 328 g/mol. The van der Waals surface area contributed by atoms with Gasteiger partial charge in [-0.1, -0.05) is 6.07 Å². The number of nitrogens with one attached hydrogen (secondary N) is 2. The molecule has 0 fully saturated rings. The standard InChI is InChI=1S/C15H14N6O2S/c22-14(5-6-17-15(23)12-2-1-7-24-12)20-13-4-3-11(8-18-13)21-10-16-9-19-21/h1-4,7-10H,5-6H2,(H,17,23)(H,18,20,22). The number of carbonyl (C=O) groups is 2. The number of thiophene rings is 1. The van der Waals surface area contributed by atoms with Gasteiger partial charge in [0.15, 0.2) is 0 Å². The topological polar surface area (TPSA) is 102 Å². The van der Waals surface area contributed by atoms with E-state index in [1.54, 1.807) is 41.5 Å². The zero-order valence-electron chi connectivity index (χ0n) is 12.5. The second kappa shape index (κ2) is 7.47. The lowest BCUT2D eigenvalue weighted by Crippen LogP contribution is -2.27. The number of hydrogen-bond acceptors (Lipinski definition) is 6. The lowest BCUT2D eigenvalue weighted by atomic mass is 10.3. The first-order chi connectivity index (χ1) is 11.7. The lowest BCUT2D eigenvalue weighted by molar-refractivity contribution is -0.116. The van der Waals surface area contributed by atoms with Gasteiger partial charge in [-0.3, -0.25) is 9.59 Å². The highest BCUT2D eigenvalue weighted by atomic mass is 32.1. The number of pyridine rings is 1. The molecule has 2 N–H and O–H groups in total. The van der Waals surface area contributed by atoms with Crippen molar-refractivity contribution in [3.8, 4) is 5.69 Å². The Labute approximate surface area is 141 Å². The Kier molecular flexibility index (Phi) is 4.92. The fourth-order valence-electron chi connectivity index (χ4n) is 1.93. The minimum absolute atomic E-state index is 0.170. The molecule has 0 saturated heterocycles. The van der Waals surface area contributed by atoms with E-state index in [-0.39, 0.29) is 24.8 Å². The van der Waals surface area contributed by atoms with Crippen molar-refractivity contribution in [3.63, 3.8) is 0 Å². The van der Waals surface area contributed by atoms with E-state index >= 15 is 0 Å². The van der Waals surface area contributed by atoms with Gasteiger partial charge in [0.05, 0.1) is 16.8 Å². The largest absolute Gasteiger partial charge is 0.351 e. The molecule has 0 saturated carbocycles. The van der Waals surface area contributed by atoms with Gasteiger partial charge in [-0.05, 0) is 23.6 Å². The van der Waals surface area contributed by atoms with Gasteiger partial charge in [0.2, 0.25) is 5.91 Å². The van der Waals surface area contributed by atoms with Crippen LogP contribution in [0.25, 0.3) is 5.69 Å². The highest BCUT2D eigenvalue weighted by Crippen LogP contribution is 2.09. The SMILES string of the molecule is O=C(CCNC(=O)c1cccs1)Nc1ccc(-n2cncn2)cn1. The highest BCUT2D eigenvalue weighted by molar-refractivity contribution is 7.12. The second-order valence-corrected chi connectivity index (χ2v) is 5.72. The Morgan fingerprint density at radius 3 is 2.83 bits per heavy atom. The Hall–Kier alpha value is -3.07. The molecule has 3 rings (SSSR count). The normalized spacial score (nSPS) is 10.3. The molecule has 0 spiro atoms. The Morgan fingerprint density at radius 2 is 2.17 bits per heavy atom. The summed E-state index contributed by atoms with van der Waals surface area (Å²) in [4.78, 5) is 32.2. The number of hydrogen-bond donors (Lipinski definition) is 2. The molecule has 9 heteroatoms. The predicted octanol–water partition coefficient (Wildman–Crippen LogP) is 1.48. The number of aromatic nitrogens is 4. The first-order valence-electron chi connectivity index (χ1n) is 7.15. The summed E-state index contributed by atoms with van der Waals surface area (Å²) in [5.41, 5.74) is 0.744. The van der Waals surface area contributed by atoms with E-state index in [1.165, 1.54) is 17.7 Å². The minimum Gasteiger partial charge on any atom is -0.351 e. The summed E-state index contributed by atoms with van der Waals surface area (Å²) < 4.78 is 1.57. The molecule has 3 heterocycles. The van der Waals surface area contributed by atoms with Gasteiger partial charge in [-0.25, -0.2) is 14.6 Å². The fourth-order valence-corrected chi connectivity index (χ4v) is 2.57. The van der Waals surface area contributed by atoms with Crippen molar-refractivity contribution in [1.82, 2.24) is 25.1 Å². The summed E-state index contributed by atoms with van der Waals surface area (Å²) in [5.74, 6) is 0.0454. The monoisotopic (exact) mass is 342 g/mol. The molecule has 0 aliphatic rings. The van der Waals surface area contributed by atoms with Gasteiger partial charge in [0, 0.05) is 13.0 Å². The van der Waals surface area contributed by atoms with Gasteiger partial charge in [-0.2, -0.15) is 5.10 Å². The molecule has 0 bridgehead atoms. The third kappa shape index (κ3) is 4.02. The molecule has 0 unspecified atom stereocenters. The van der Waals surface area contributed by atoms with E-state index in [9.17, 15) is 9.59 Å². The van der Waals surface area contributed by atoms with Gasteiger partial charge < -0.3 is 10.6 Å². The van der Waals surface area contributed by atoms with Crippen LogP contribution in [0.4, 0.5) is 5.82 Å². The molecule has 3 aromatic rings. The van der Waals surface area contributed by atoms with Crippen molar-refractivity contribution in [1.29, 1.82) is 0 Å². The molecule has 0 radical (unpaired) electrons. The molecule has 2 amide bonds. The number of nitrogens with zero attached hydrogens (tertiary/aromatic N) is 4. The predicted molar refractivity (Wildman–Crippen MR) is 89.1 cm³/mol. The highest BCUT2D eigenvalue weighted by Gasteiger charge is 2.08. The molecule has 0 atom stereocenters. The van der Waals surface area contributed by atoms with E-state index in [4.69, 9.17) is 0 Å². The molecule has 0 aliphatic carbocycles. The number of rotatable bonds is 6. The summed E-state index contributed by atoms with van der Waals surface area (Å²) in [7, 11) is 0. The zero-order valence-corrected chi connectivity index (χ0v) is 13.4. The van der Waals surface area contributed by atoms with Gasteiger partial charge in [0.1, 0.15) is 18.5 Å². The van der Waals surface area contributed by atoms with E-state index in [1.807, 2.05) is 5.38 Å². The average Bonchev–Trinajstić information content (AvgIpc) is 3.29. The van der Waals surface area contributed by atoms with Crippen LogP contribution in [0.5, 0.6) is 0 Å². The van der Waals surface area contributed by atoms with E-state index in [0.717, 1.165) is 5.69 Å². The molecule has 8 nitrogen and oxygen atoms in total. The van der Waals surface area contributed by atoms with Crippen LogP contribution in [0.1, 0.15) is 16.1 Å². The Balaban J connectivity index is 1.46. The summed E-state index contributed by atoms with van der Waals surface area (Å²) in [6.07, 6.45) is 4.75. The Morgan fingerprint density at radius 1 is 1.25 bits per heavy atom. The smallest absolute Gasteiger partial charge is 0.261 e. The lowest BCUT2D eigenvalue weighted by Gasteiger charge is -2.06. The van der Waals surface area contributed by atoms with Gasteiger partial charge >= 0.3 is 0 Å². The van der Waals surface area contributed by atoms with Crippen LogP contribution in [0.3, 0.4) is 0 Å². The Bertz CT molecular complexity index is 799. The van der Waals surface area contributed by atoms with E-state index < -0.39 is 0 Å². The molecule has 24 heavy (non-hydrogen) atoms. The summed E-state index contributed by atoms with van der Waals surface area (Å²) >= 11 is 1.36. The van der Waals surface area contributed by atoms with Crippen LogP contribution in [-0.4, -0.2) is 38.1 Å². The molecule has 0 aromatic carbocycles. The molecule has 0 aliphatic heterocycles. The maximum Gasteiger partial charge on any atom is 0.261 e. The van der Waals surface area contributed by atoms with Crippen molar-refractivity contribution >= 4 is 29.0 Å². The fraction of sp³-hybridized carbons (Fsp3) is 0.133. The zero-order chi connectivity index (χ0) is 16.8. The van der Waals surface area contributed by atoms with Gasteiger partial charge in [-0.15, -0.1) is 11.3 Å². The molecule has 3 aromatic heterocycles. The second-order valence-electron chi connectivity index (χ2n) is 4.77. The van der Waals surface area contributed by atoms with Crippen molar-refractivity contribution in [2.24, 2.45) is 0 Å². The first-order valence-corrected chi connectivity index (χ1v) is 8.03. The van der Waals surface area contributed by atoms with E-state index in [2.05, 4.69) is 25.7 Å². The average molecular weight is 342 g/mol. The summed E-state index contributed by atoms with van der Waals surface area (Å²) in [6, 6.07) is 7.00. The van der Waals surface area contributed by atoms with Crippen LogP contribution in [0.2, 0.25) is 0 Å². The number of amides is 2. The maximum absolute atomic E-state index is 11.9. The molecule has 122 valence electrons. The summed E-state index contributed by atoms with van der Waals surface area (Å²) in [5, 5.41) is 11.2. The van der Waals surface area contributed by atoms with Crippen molar-refractivity contribution in [2.45, 2.75) is 6.42 Å². The van der Waals surface area contributed by atoms with Crippen molar-refractivity contribution < 1.29 is 9.59 Å². The quantitative estimate of drug-likeness (QED) is 0.706. The summed E-state index contributed by atoms with van der Waals surface area (Å²) in [6.45, 7) is 0.263. The van der Waals surface area contributed by atoms with Gasteiger partial charge in [0.25, 0.3) is 5.91 Å². The molecular formula is C15H14N6O2S. The minimum atomic E-state index is -0.220. The third-order valence-electron chi connectivity index (χ3n) is 3.08. The van der Waals surface area contributed by atoms with Crippen LogP contribution in [-0.2, 0) is 4.79 Å². The first kappa shape index (κ1) is 15.8. The number of anilines is 1. The van der Waals surface area contributed by atoms with Crippen molar-refractivity contribution in [3.05, 3.63) is 53.4 Å². The van der Waals surface area contributed by atoms with Crippen LogP contribution in [0, 0.1) is 0 Å². The van der Waals surface area contributed by atoms with Crippen LogP contribution in [0.15, 0.2) is 48.5 Å². The van der Waals surface area contributed by atoms with Crippen molar-refractivity contribution in [2.75, 3.05) is 11.9 Å². The van der Waals surface area contributed by atoms with Crippen LogP contribution < -0.4 is 10.6 Å². The van der Waals surface area contributed by atoms with Crippen LogP contribution >= 0.6 is 11.3 Å². The number of carbonyl (C=O) groups excluding carboxylic acids is 2.